The van der Waals surface area contributed by atoms with E-state index in [0.29, 0.717) is 10.6 Å². The molecule has 1 aromatic rings. The van der Waals surface area contributed by atoms with Crippen LogP contribution in [0.1, 0.15) is 24.4 Å². The maximum Gasteiger partial charge on any atom is 0.175 e. The van der Waals surface area contributed by atoms with Crippen molar-refractivity contribution in [2.45, 2.75) is 23.8 Å². The normalized spacial score (nSPS) is 20.5. The van der Waals surface area contributed by atoms with Crippen molar-refractivity contribution in [2.24, 2.45) is 0 Å². The van der Waals surface area contributed by atoms with E-state index in [1.54, 1.807) is 6.07 Å². The van der Waals surface area contributed by atoms with Crippen molar-refractivity contribution in [3.05, 3.63) is 23.8 Å². The van der Waals surface area contributed by atoms with E-state index in [0.717, 1.165) is 24.9 Å². The summed E-state index contributed by atoms with van der Waals surface area (Å²) in [6.45, 7) is 0.944. The number of rotatable bonds is 3. The minimum Gasteiger partial charge on any atom is -0.497 e. The quantitative estimate of drug-likeness (QED) is 0.889. The van der Waals surface area contributed by atoms with Crippen LogP contribution in [0.25, 0.3) is 0 Å². The lowest BCUT2D eigenvalue weighted by Gasteiger charge is -2.15. The summed E-state index contributed by atoms with van der Waals surface area (Å²) in [5.74, 6) is 0.576. The number of nitrogens with one attached hydrogen (secondary N) is 1. The third-order valence-corrected chi connectivity index (χ3v) is 4.21. The Labute approximate surface area is 102 Å². The maximum atomic E-state index is 11.8. The molecule has 17 heavy (non-hydrogen) atoms. The van der Waals surface area contributed by atoms with Gasteiger partial charge in [-0.15, -0.1) is 0 Å². The number of sulfone groups is 1. The van der Waals surface area contributed by atoms with Crippen LogP contribution in [0.15, 0.2) is 23.1 Å². The molecule has 0 spiro atoms. The lowest BCUT2D eigenvalue weighted by molar-refractivity contribution is 0.412. The average Bonchev–Trinajstić information content (AvgIpc) is 2.80. The van der Waals surface area contributed by atoms with Gasteiger partial charge in [0.05, 0.1) is 12.0 Å². The summed E-state index contributed by atoms with van der Waals surface area (Å²) < 4.78 is 28.7. The fourth-order valence-electron chi connectivity index (χ4n) is 2.20. The largest absolute Gasteiger partial charge is 0.497 e. The highest BCUT2D eigenvalue weighted by Gasteiger charge is 2.23. The number of methoxy groups -OCH3 is 1. The van der Waals surface area contributed by atoms with Gasteiger partial charge in [-0.05, 0) is 37.1 Å². The van der Waals surface area contributed by atoms with Crippen molar-refractivity contribution >= 4 is 9.84 Å². The second-order valence-corrected chi connectivity index (χ2v) is 6.31. The molecule has 1 fully saturated rings. The molecule has 1 atom stereocenters. The zero-order valence-electron chi connectivity index (χ0n) is 10.1. The molecule has 1 aliphatic rings. The molecule has 1 heterocycles. The second-order valence-electron chi connectivity index (χ2n) is 4.32. The van der Waals surface area contributed by atoms with Crippen LogP contribution in [0.2, 0.25) is 0 Å². The van der Waals surface area contributed by atoms with Crippen molar-refractivity contribution in [3.8, 4) is 5.75 Å². The van der Waals surface area contributed by atoms with E-state index in [9.17, 15) is 8.42 Å². The SMILES string of the molecule is COc1ccc(C2CCCN2)c(S(C)(=O)=O)c1. The molecule has 0 aromatic heterocycles. The van der Waals surface area contributed by atoms with E-state index in [4.69, 9.17) is 4.74 Å². The van der Waals surface area contributed by atoms with E-state index < -0.39 is 9.84 Å². The molecule has 1 unspecified atom stereocenters. The van der Waals surface area contributed by atoms with E-state index in [2.05, 4.69) is 5.32 Å². The van der Waals surface area contributed by atoms with Crippen LogP contribution >= 0.6 is 0 Å². The predicted octanol–water partition coefficient (Wildman–Crippen LogP) is 1.52. The molecule has 1 N–H and O–H groups in total. The molecular weight excluding hydrogens is 238 g/mol. The van der Waals surface area contributed by atoms with Crippen LogP contribution in [0.4, 0.5) is 0 Å². The van der Waals surface area contributed by atoms with Crippen LogP contribution in [-0.2, 0) is 9.84 Å². The van der Waals surface area contributed by atoms with Crippen LogP contribution in [-0.4, -0.2) is 28.3 Å². The number of ether oxygens (including phenoxy) is 1. The average molecular weight is 255 g/mol. The van der Waals surface area contributed by atoms with Crippen molar-refractivity contribution in [1.82, 2.24) is 5.32 Å². The van der Waals surface area contributed by atoms with Gasteiger partial charge in [-0.2, -0.15) is 0 Å². The molecule has 0 radical (unpaired) electrons. The standard InChI is InChI=1S/C12H17NO3S/c1-16-9-5-6-10(11-4-3-7-13-11)12(8-9)17(2,14)15/h5-6,8,11,13H,3-4,7H2,1-2H3. The minimum absolute atomic E-state index is 0.144. The molecule has 0 saturated carbocycles. The zero-order valence-corrected chi connectivity index (χ0v) is 10.9. The summed E-state index contributed by atoms with van der Waals surface area (Å²) in [5.41, 5.74) is 0.853. The smallest absolute Gasteiger partial charge is 0.175 e. The van der Waals surface area contributed by atoms with Gasteiger partial charge in [0, 0.05) is 12.3 Å². The zero-order chi connectivity index (χ0) is 12.5. The van der Waals surface area contributed by atoms with Crippen molar-refractivity contribution < 1.29 is 13.2 Å². The third kappa shape index (κ3) is 2.61. The lowest BCUT2D eigenvalue weighted by Crippen LogP contribution is -2.16. The van der Waals surface area contributed by atoms with Crippen LogP contribution < -0.4 is 10.1 Å². The Bertz CT molecular complexity index is 504. The van der Waals surface area contributed by atoms with Crippen molar-refractivity contribution in [3.63, 3.8) is 0 Å². The first kappa shape index (κ1) is 12.4. The lowest BCUT2D eigenvalue weighted by atomic mass is 10.1. The first-order valence-corrected chi connectivity index (χ1v) is 7.53. The highest BCUT2D eigenvalue weighted by Crippen LogP contribution is 2.31. The fourth-order valence-corrected chi connectivity index (χ4v) is 3.17. The van der Waals surface area contributed by atoms with Crippen LogP contribution in [0.5, 0.6) is 5.75 Å². The Kier molecular flexibility index (Phi) is 3.40. The van der Waals surface area contributed by atoms with Crippen LogP contribution in [0.3, 0.4) is 0 Å². The summed E-state index contributed by atoms with van der Waals surface area (Å²) in [6, 6.07) is 5.40. The van der Waals surface area contributed by atoms with E-state index in [1.807, 2.05) is 12.1 Å². The minimum atomic E-state index is -3.22. The maximum absolute atomic E-state index is 11.8. The summed E-state index contributed by atoms with van der Waals surface area (Å²) in [5, 5.41) is 3.32. The van der Waals surface area contributed by atoms with Gasteiger partial charge in [0.25, 0.3) is 0 Å². The molecule has 0 bridgehead atoms. The molecule has 4 nitrogen and oxygen atoms in total. The molecule has 5 heteroatoms. The van der Waals surface area contributed by atoms with Gasteiger partial charge in [-0.3, -0.25) is 0 Å². The van der Waals surface area contributed by atoms with E-state index in [1.165, 1.54) is 13.4 Å². The fraction of sp³-hybridized carbons (Fsp3) is 0.500. The monoisotopic (exact) mass is 255 g/mol. The Morgan fingerprint density at radius 1 is 1.41 bits per heavy atom. The number of hydrogen-bond donors (Lipinski definition) is 1. The van der Waals surface area contributed by atoms with Gasteiger partial charge in [0.2, 0.25) is 0 Å². The number of hydrogen-bond acceptors (Lipinski definition) is 4. The van der Waals surface area contributed by atoms with Gasteiger partial charge in [-0.1, -0.05) is 6.07 Å². The van der Waals surface area contributed by atoms with Crippen molar-refractivity contribution in [2.75, 3.05) is 19.9 Å². The van der Waals surface area contributed by atoms with Gasteiger partial charge in [0.1, 0.15) is 5.75 Å². The molecule has 0 aliphatic carbocycles. The Balaban J connectivity index is 2.50. The van der Waals surface area contributed by atoms with Gasteiger partial charge in [-0.25, -0.2) is 8.42 Å². The molecule has 1 saturated heterocycles. The predicted molar refractivity (Wildman–Crippen MR) is 66.1 cm³/mol. The van der Waals surface area contributed by atoms with Crippen molar-refractivity contribution in [1.29, 1.82) is 0 Å². The summed E-state index contributed by atoms with van der Waals surface area (Å²) in [6.07, 6.45) is 3.30. The van der Waals surface area contributed by atoms with Gasteiger partial charge < -0.3 is 10.1 Å². The first-order valence-electron chi connectivity index (χ1n) is 5.64. The Hall–Kier alpha value is -1.07. The Morgan fingerprint density at radius 3 is 2.71 bits per heavy atom. The summed E-state index contributed by atoms with van der Waals surface area (Å²) in [7, 11) is -1.69. The molecule has 0 amide bonds. The van der Waals surface area contributed by atoms with Gasteiger partial charge >= 0.3 is 0 Å². The van der Waals surface area contributed by atoms with Gasteiger partial charge in [0.15, 0.2) is 9.84 Å². The van der Waals surface area contributed by atoms with E-state index >= 15 is 0 Å². The molecule has 1 aromatic carbocycles. The van der Waals surface area contributed by atoms with E-state index in [-0.39, 0.29) is 6.04 Å². The summed E-state index contributed by atoms with van der Waals surface area (Å²) >= 11 is 0. The number of benzene rings is 1. The molecule has 94 valence electrons. The highest BCUT2D eigenvalue weighted by atomic mass is 32.2. The molecule has 1 aliphatic heterocycles. The molecule has 2 rings (SSSR count). The molecular formula is C12H17NO3S. The Morgan fingerprint density at radius 2 is 2.18 bits per heavy atom. The third-order valence-electron chi connectivity index (χ3n) is 3.06. The highest BCUT2D eigenvalue weighted by molar-refractivity contribution is 7.90. The first-order chi connectivity index (χ1) is 8.02. The van der Waals surface area contributed by atoms with Crippen LogP contribution in [0, 0.1) is 0 Å². The second kappa shape index (κ2) is 4.66. The summed E-state index contributed by atoms with van der Waals surface area (Å²) in [4.78, 5) is 0.372. The topological polar surface area (TPSA) is 55.4 Å².